The number of phenols is 2. The maximum atomic E-state index is 9.12. The van der Waals surface area contributed by atoms with Gasteiger partial charge >= 0.3 is 0 Å². The van der Waals surface area contributed by atoms with Gasteiger partial charge in [-0.3, -0.25) is 5.73 Å². The van der Waals surface area contributed by atoms with Crippen LogP contribution in [0.1, 0.15) is 5.56 Å². The van der Waals surface area contributed by atoms with E-state index in [0.29, 0.717) is 5.56 Å². The zero-order valence-corrected chi connectivity index (χ0v) is 6.39. The average molecular weight is 173 g/mol. The Morgan fingerprint density at radius 2 is 1.91 bits per heavy atom. The Morgan fingerprint density at radius 3 is 2.45 bits per heavy atom. The first-order chi connectivity index (χ1) is 5.16. The second-order valence-electron chi connectivity index (χ2n) is 2.08. The van der Waals surface area contributed by atoms with Crippen LogP contribution in [0.4, 0.5) is 0 Å². The van der Waals surface area contributed by atoms with Crippen LogP contribution in [0.15, 0.2) is 12.1 Å². The number of hydrogen-bond acceptors (Lipinski definition) is 2. The smallest absolute Gasteiger partial charge is 0.176 e. The van der Waals surface area contributed by atoms with Crippen molar-refractivity contribution in [2.24, 2.45) is 0 Å². The van der Waals surface area contributed by atoms with Gasteiger partial charge in [0.25, 0.3) is 0 Å². The van der Waals surface area contributed by atoms with Gasteiger partial charge in [-0.15, -0.1) is 0 Å². The first kappa shape index (κ1) is 8.17. The Balaban J connectivity index is 3.25. The van der Waals surface area contributed by atoms with Crippen molar-refractivity contribution in [2.45, 2.75) is 6.54 Å². The summed E-state index contributed by atoms with van der Waals surface area (Å²) < 4.78 is 0. The van der Waals surface area contributed by atoms with Crippen molar-refractivity contribution in [3.63, 3.8) is 0 Å². The minimum atomic E-state index is -0.351. The molecule has 0 saturated heterocycles. The van der Waals surface area contributed by atoms with Crippen LogP contribution < -0.4 is 5.73 Å². The maximum absolute atomic E-state index is 9.12. The van der Waals surface area contributed by atoms with E-state index in [2.05, 4.69) is 0 Å². The predicted molar refractivity (Wildman–Crippen MR) is 41.6 cm³/mol. The molecule has 0 aliphatic rings. The second-order valence-corrected chi connectivity index (χ2v) is 2.49. The molecule has 1 radical (unpaired) electrons. The number of benzene rings is 1. The van der Waals surface area contributed by atoms with E-state index < -0.39 is 0 Å². The lowest BCUT2D eigenvalue weighted by Crippen LogP contribution is -1.85. The highest BCUT2D eigenvalue weighted by molar-refractivity contribution is 6.32. The van der Waals surface area contributed by atoms with Gasteiger partial charge in [-0.25, -0.2) is 0 Å². The lowest BCUT2D eigenvalue weighted by atomic mass is 10.2. The van der Waals surface area contributed by atoms with Gasteiger partial charge in [0.05, 0.1) is 5.02 Å². The topological polar surface area (TPSA) is 64.3 Å². The number of nitrogens with one attached hydrogen (secondary N) is 1. The third kappa shape index (κ3) is 1.39. The Labute approximate surface area is 69.0 Å². The van der Waals surface area contributed by atoms with Gasteiger partial charge in [-0.05, 0) is 6.07 Å². The highest BCUT2D eigenvalue weighted by Gasteiger charge is 2.08. The van der Waals surface area contributed by atoms with E-state index >= 15 is 0 Å². The molecule has 1 rings (SSSR count). The minimum Gasteiger partial charge on any atom is -0.504 e. The molecule has 0 atom stereocenters. The van der Waals surface area contributed by atoms with Gasteiger partial charge in [0, 0.05) is 12.1 Å². The summed E-state index contributed by atoms with van der Waals surface area (Å²) in [5.74, 6) is -0.649. The van der Waals surface area contributed by atoms with Crippen LogP contribution in [-0.4, -0.2) is 10.2 Å². The van der Waals surface area contributed by atoms with Gasteiger partial charge in [0.2, 0.25) is 0 Å². The van der Waals surface area contributed by atoms with Crippen LogP contribution in [0, 0.1) is 0 Å². The first-order valence-electron chi connectivity index (χ1n) is 3.00. The molecule has 1 aromatic rings. The summed E-state index contributed by atoms with van der Waals surface area (Å²) >= 11 is 5.47. The molecule has 1 aromatic carbocycles. The first-order valence-corrected chi connectivity index (χ1v) is 3.38. The Hall–Kier alpha value is -0.930. The van der Waals surface area contributed by atoms with E-state index in [9.17, 15) is 0 Å². The van der Waals surface area contributed by atoms with Crippen molar-refractivity contribution in [1.82, 2.24) is 5.73 Å². The fraction of sp³-hybridized carbons (Fsp3) is 0.143. The fourth-order valence-corrected chi connectivity index (χ4v) is 0.892. The molecule has 0 fully saturated rings. The summed E-state index contributed by atoms with van der Waals surface area (Å²) in [5.41, 5.74) is 7.30. The number of rotatable bonds is 1. The minimum absolute atomic E-state index is 0.0729. The molecule has 0 bridgehead atoms. The van der Waals surface area contributed by atoms with Crippen molar-refractivity contribution >= 4 is 11.6 Å². The molecule has 3 nitrogen and oxygen atoms in total. The van der Waals surface area contributed by atoms with Gasteiger partial charge in [0.1, 0.15) is 0 Å². The summed E-state index contributed by atoms with van der Waals surface area (Å²) in [6.45, 7) is -0.0729. The molecule has 0 aliphatic heterocycles. The molecular weight excluding hydrogens is 166 g/mol. The van der Waals surface area contributed by atoms with Crippen LogP contribution >= 0.6 is 11.6 Å². The van der Waals surface area contributed by atoms with Crippen molar-refractivity contribution in [3.05, 3.63) is 22.7 Å². The third-order valence-electron chi connectivity index (χ3n) is 1.38. The van der Waals surface area contributed by atoms with Crippen molar-refractivity contribution in [2.75, 3.05) is 0 Å². The molecule has 4 heteroatoms. The molecule has 0 aliphatic carbocycles. The third-order valence-corrected chi connectivity index (χ3v) is 1.68. The lowest BCUT2D eigenvalue weighted by molar-refractivity contribution is 0.399. The van der Waals surface area contributed by atoms with Gasteiger partial charge < -0.3 is 10.2 Å². The quantitative estimate of drug-likeness (QED) is 0.631. The van der Waals surface area contributed by atoms with E-state index in [0.717, 1.165) is 0 Å². The van der Waals surface area contributed by atoms with Crippen molar-refractivity contribution < 1.29 is 10.2 Å². The highest BCUT2D eigenvalue weighted by Crippen LogP contribution is 2.35. The molecular formula is C7H7ClNO2. The van der Waals surface area contributed by atoms with E-state index in [1.165, 1.54) is 12.1 Å². The molecule has 3 N–H and O–H groups in total. The molecule has 0 amide bonds. The molecule has 0 unspecified atom stereocenters. The van der Waals surface area contributed by atoms with Crippen LogP contribution in [0.25, 0.3) is 0 Å². The zero-order valence-electron chi connectivity index (χ0n) is 5.63. The summed E-state index contributed by atoms with van der Waals surface area (Å²) in [4.78, 5) is 0. The van der Waals surface area contributed by atoms with Crippen molar-refractivity contribution in [1.29, 1.82) is 0 Å². The molecule has 0 spiro atoms. The highest BCUT2D eigenvalue weighted by atomic mass is 35.5. The van der Waals surface area contributed by atoms with Crippen molar-refractivity contribution in [3.8, 4) is 11.5 Å². The normalized spacial score (nSPS) is 10.0. The number of phenolic OH excluding ortho intramolecular Hbond substituents is 2. The molecule has 0 heterocycles. The Kier molecular flexibility index (Phi) is 2.22. The predicted octanol–water partition coefficient (Wildman–Crippen LogP) is 1.53. The van der Waals surface area contributed by atoms with Crippen LogP contribution in [-0.2, 0) is 6.54 Å². The average Bonchev–Trinajstić information content (AvgIpc) is 2.01. The van der Waals surface area contributed by atoms with Crippen LogP contribution in [0.2, 0.25) is 5.02 Å². The Bertz CT molecular complexity index is 275. The molecule has 11 heavy (non-hydrogen) atoms. The van der Waals surface area contributed by atoms with E-state index in [-0.39, 0.29) is 23.1 Å². The SMILES string of the molecule is [NH]Cc1ccc(Cl)c(O)c1O. The fourth-order valence-electron chi connectivity index (χ4n) is 0.739. The van der Waals surface area contributed by atoms with E-state index in [1.54, 1.807) is 0 Å². The summed E-state index contributed by atoms with van der Waals surface area (Å²) in [6.07, 6.45) is 0. The maximum Gasteiger partial charge on any atom is 0.176 e. The molecule has 59 valence electrons. The number of halogens is 1. The van der Waals surface area contributed by atoms with Gasteiger partial charge in [0.15, 0.2) is 11.5 Å². The summed E-state index contributed by atoms with van der Waals surface area (Å²) in [7, 11) is 0. The summed E-state index contributed by atoms with van der Waals surface area (Å²) in [6, 6.07) is 2.95. The van der Waals surface area contributed by atoms with Crippen LogP contribution in [0.5, 0.6) is 11.5 Å². The lowest BCUT2D eigenvalue weighted by Gasteiger charge is -2.03. The number of hydrogen-bond donors (Lipinski definition) is 2. The molecule has 0 saturated carbocycles. The largest absolute Gasteiger partial charge is 0.504 e. The second kappa shape index (κ2) is 2.98. The molecule has 0 aromatic heterocycles. The van der Waals surface area contributed by atoms with Gasteiger partial charge in [-0.2, -0.15) is 0 Å². The standard InChI is InChI=1S/C7H7ClNO2/c8-5-2-1-4(3-9)6(10)7(5)11/h1-2,9-11H,3H2. The monoisotopic (exact) mass is 172 g/mol. The summed E-state index contributed by atoms with van der Waals surface area (Å²) in [5, 5.41) is 18.3. The van der Waals surface area contributed by atoms with E-state index in [4.69, 9.17) is 27.5 Å². The number of aromatic hydroxyl groups is 2. The van der Waals surface area contributed by atoms with E-state index in [1.807, 2.05) is 0 Å². The van der Waals surface area contributed by atoms with Crippen LogP contribution in [0.3, 0.4) is 0 Å². The Morgan fingerprint density at radius 1 is 1.27 bits per heavy atom. The van der Waals surface area contributed by atoms with Gasteiger partial charge in [-0.1, -0.05) is 17.7 Å². The zero-order chi connectivity index (χ0) is 8.43.